The molecule has 0 fully saturated rings. The molecule has 1 aromatic heterocycles. The van der Waals surface area contributed by atoms with E-state index in [1.807, 2.05) is 0 Å². The quantitative estimate of drug-likeness (QED) is 0.730. The molecule has 84 valence electrons. The van der Waals surface area contributed by atoms with Crippen molar-refractivity contribution in [2.75, 3.05) is 0 Å². The highest BCUT2D eigenvalue weighted by atomic mass is 16.5. The van der Waals surface area contributed by atoms with Gasteiger partial charge in [-0.3, -0.25) is 14.5 Å². The van der Waals surface area contributed by atoms with E-state index >= 15 is 0 Å². The second-order valence-corrected chi connectivity index (χ2v) is 3.73. The Hall–Kier alpha value is -2.43. The molecule has 1 aliphatic rings. The summed E-state index contributed by atoms with van der Waals surface area (Å²) < 4.78 is 4.67. The van der Waals surface area contributed by atoms with Gasteiger partial charge in [0.05, 0.1) is 17.7 Å². The van der Waals surface area contributed by atoms with Crippen molar-refractivity contribution in [3.8, 4) is 0 Å². The van der Waals surface area contributed by atoms with Gasteiger partial charge in [0.25, 0.3) is 11.8 Å². The number of fused-ring (bicyclic) bond motifs is 1. The smallest absolute Gasteiger partial charge is 0.261 e. The molecule has 3 rings (SSSR count). The van der Waals surface area contributed by atoms with Crippen molar-refractivity contribution >= 4 is 11.8 Å². The van der Waals surface area contributed by atoms with Crippen LogP contribution in [-0.2, 0) is 6.54 Å². The summed E-state index contributed by atoms with van der Waals surface area (Å²) in [5.41, 5.74) is 1.45. The first kappa shape index (κ1) is 9.77. The normalized spacial score (nSPS) is 14.2. The number of benzene rings is 1. The number of aromatic nitrogens is 1. The second-order valence-electron chi connectivity index (χ2n) is 3.73. The molecule has 0 bridgehead atoms. The molecule has 5 nitrogen and oxygen atoms in total. The summed E-state index contributed by atoms with van der Waals surface area (Å²) in [4.78, 5) is 25.1. The number of nitrogens with zero attached hydrogens (tertiary/aromatic N) is 2. The number of imide groups is 1. The minimum Gasteiger partial charge on any atom is -0.364 e. The van der Waals surface area contributed by atoms with Gasteiger partial charge in [0, 0.05) is 6.07 Å². The summed E-state index contributed by atoms with van der Waals surface area (Å²) >= 11 is 0. The largest absolute Gasteiger partial charge is 0.364 e. The Morgan fingerprint density at radius 3 is 2.24 bits per heavy atom. The van der Waals surface area contributed by atoms with Gasteiger partial charge in [0.1, 0.15) is 12.0 Å². The Morgan fingerprint density at radius 1 is 1.06 bits per heavy atom. The van der Waals surface area contributed by atoms with Crippen molar-refractivity contribution in [2.24, 2.45) is 0 Å². The summed E-state index contributed by atoms with van der Waals surface area (Å²) in [6.45, 7) is 0.142. The molecule has 0 unspecified atom stereocenters. The molecular formula is C12H8N2O3. The standard InChI is InChI=1S/C12H8N2O3/c15-11-9-3-1-2-4-10(9)12(16)14(11)7-8-5-6-17-13-8/h1-6H,7H2. The molecule has 1 aromatic carbocycles. The lowest BCUT2D eigenvalue weighted by Crippen LogP contribution is -2.29. The molecule has 2 aromatic rings. The van der Waals surface area contributed by atoms with Crippen LogP contribution < -0.4 is 0 Å². The molecular weight excluding hydrogens is 220 g/mol. The Morgan fingerprint density at radius 2 is 1.71 bits per heavy atom. The highest BCUT2D eigenvalue weighted by Gasteiger charge is 2.35. The van der Waals surface area contributed by atoms with E-state index in [2.05, 4.69) is 9.68 Å². The minimum absolute atomic E-state index is 0.142. The highest BCUT2D eigenvalue weighted by molar-refractivity contribution is 6.21. The number of rotatable bonds is 2. The van der Waals surface area contributed by atoms with Gasteiger partial charge in [0.15, 0.2) is 0 Å². The Labute approximate surface area is 96.6 Å². The van der Waals surface area contributed by atoms with Crippen molar-refractivity contribution in [2.45, 2.75) is 6.54 Å². The van der Waals surface area contributed by atoms with Crippen molar-refractivity contribution in [3.63, 3.8) is 0 Å². The van der Waals surface area contributed by atoms with Crippen LogP contribution in [0.4, 0.5) is 0 Å². The molecule has 2 amide bonds. The second kappa shape index (κ2) is 3.55. The van der Waals surface area contributed by atoms with E-state index in [9.17, 15) is 9.59 Å². The summed E-state index contributed by atoms with van der Waals surface area (Å²) in [6, 6.07) is 8.41. The maximum atomic E-state index is 12.0. The lowest BCUT2D eigenvalue weighted by Gasteiger charge is -2.10. The van der Waals surface area contributed by atoms with E-state index in [1.54, 1.807) is 30.3 Å². The van der Waals surface area contributed by atoms with Crippen LogP contribution in [0.25, 0.3) is 0 Å². The van der Waals surface area contributed by atoms with Gasteiger partial charge in [-0.2, -0.15) is 0 Å². The molecule has 0 radical (unpaired) electrons. The third kappa shape index (κ3) is 1.44. The van der Waals surface area contributed by atoms with Gasteiger partial charge < -0.3 is 4.52 Å². The van der Waals surface area contributed by atoms with Gasteiger partial charge >= 0.3 is 0 Å². The fourth-order valence-corrected chi connectivity index (χ4v) is 1.86. The minimum atomic E-state index is -0.284. The Balaban J connectivity index is 1.95. The van der Waals surface area contributed by atoms with Crippen LogP contribution in [-0.4, -0.2) is 21.9 Å². The summed E-state index contributed by atoms with van der Waals surface area (Å²) in [7, 11) is 0. The van der Waals surface area contributed by atoms with E-state index in [0.29, 0.717) is 16.8 Å². The van der Waals surface area contributed by atoms with E-state index in [4.69, 9.17) is 0 Å². The predicted octanol–water partition coefficient (Wildman–Crippen LogP) is 1.47. The maximum Gasteiger partial charge on any atom is 0.261 e. The van der Waals surface area contributed by atoms with Gasteiger partial charge in [-0.15, -0.1) is 0 Å². The summed E-state index contributed by atoms with van der Waals surface area (Å²) in [5.74, 6) is -0.567. The van der Waals surface area contributed by atoms with Crippen LogP contribution >= 0.6 is 0 Å². The average Bonchev–Trinajstić information content (AvgIpc) is 2.94. The van der Waals surface area contributed by atoms with Crippen LogP contribution in [0.5, 0.6) is 0 Å². The van der Waals surface area contributed by atoms with Crippen LogP contribution in [0.15, 0.2) is 41.1 Å². The summed E-state index contributed by atoms with van der Waals surface area (Å²) in [6.07, 6.45) is 1.41. The van der Waals surface area contributed by atoms with Gasteiger partial charge in [-0.05, 0) is 12.1 Å². The molecule has 1 aliphatic heterocycles. The topological polar surface area (TPSA) is 63.4 Å². The average molecular weight is 228 g/mol. The SMILES string of the molecule is O=C1c2ccccc2C(=O)N1Cc1ccon1. The number of carbonyl (C=O) groups is 2. The summed E-state index contributed by atoms with van der Waals surface area (Å²) in [5, 5.41) is 3.69. The van der Waals surface area contributed by atoms with Crippen molar-refractivity contribution < 1.29 is 14.1 Å². The number of hydrogen-bond donors (Lipinski definition) is 0. The van der Waals surface area contributed by atoms with E-state index in [-0.39, 0.29) is 18.4 Å². The molecule has 2 heterocycles. The van der Waals surface area contributed by atoms with Gasteiger partial charge in [-0.1, -0.05) is 17.3 Å². The first-order chi connectivity index (χ1) is 8.27. The third-order valence-corrected chi connectivity index (χ3v) is 2.69. The lowest BCUT2D eigenvalue weighted by molar-refractivity contribution is 0.0639. The zero-order valence-electron chi connectivity index (χ0n) is 8.79. The fraction of sp³-hybridized carbons (Fsp3) is 0.0833. The van der Waals surface area contributed by atoms with Gasteiger partial charge in [-0.25, -0.2) is 0 Å². The van der Waals surface area contributed by atoms with Crippen LogP contribution in [0.2, 0.25) is 0 Å². The molecule has 0 spiro atoms. The van der Waals surface area contributed by atoms with E-state index in [1.165, 1.54) is 11.2 Å². The molecule has 17 heavy (non-hydrogen) atoms. The molecule has 0 saturated heterocycles. The highest BCUT2D eigenvalue weighted by Crippen LogP contribution is 2.23. The molecule has 0 saturated carbocycles. The zero-order valence-corrected chi connectivity index (χ0v) is 8.79. The first-order valence-electron chi connectivity index (χ1n) is 5.12. The molecule has 0 aliphatic carbocycles. The monoisotopic (exact) mass is 228 g/mol. The van der Waals surface area contributed by atoms with Crippen molar-refractivity contribution in [1.82, 2.24) is 10.1 Å². The first-order valence-corrected chi connectivity index (χ1v) is 5.12. The van der Waals surface area contributed by atoms with Gasteiger partial charge in [0.2, 0.25) is 0 Å². The molecule has 0 N–H and O–H groups in total. The third-order valence-electron chi connectivity index (χ3n) is 2.69. The predicted molar refractivity (Wildman–Crippen MR) is 57.1 cm³/mol. The van der Waals surface area contributed by atoms with Crippen LogP contribution in [0.1, 0.15) is 26.4 Å². The van der Waals surface area contributed by atoms with Crippen molar-refractivity contribution in [3.05, 3.63) is 53.4 Å². The van der Waals surface area contributed by atoms with Crippen molar-refractivity contribution in [1.29, 1.82) is 0 Å². The number of hydrogen-bond acceptors (Lipinski definition) is 4. The fourth-order valence-electron chi connectivity index (χ4n) is 1.86. The van der Waals surface area contributed by atoms with E-state index < -0.39 is 0 Å². The zero-order chi connectivity index (χ0) is 11.8. The lowest BCUT2D eigenvalue weighted by atomic mass is 10.1. The Bertz CT molecular complexity index is 555. The maximum absolute atomic E-state index is 12.0. The number of amides is 2. The Kier molecular flexibility index (Phi) is 2.04. The number of carbonyl (C=O) groups excluding carboxylic acids is 2. The van der Waals surface area contributed by atoms with E-state index in [0.717, 1.165) is 0 Å². The molecule has 0 atom stereocenters. The van der Waals surface area contributed by atoms with Crippen LogP contribution in [0.3, 0.4) is 0 Å². The van der Waals surface area contributed by atoms with Crippen LogP contribution in [0, 0.1) is 0 Å². The molecule has 5 heteroatoms.